The molecule has 0 amide bonds. The van der Waals surface area contributed by atoms with Crippen LogP contribution in [-0.4, -0.2) is 18.5 Å². The molecule has 0 bridgehead atoms. The van der Waals surface area contributed by atoms with Gasteiger partial charge < -0.3 is 5.11 Å². The number of aromatic nitrogens is 1. The summed E-state index contributed by atoms with van der Waals surface area (Å²) in [4.78, 5) is 3.85. The number of aliphatic hydroxyl groups excluding tert-OH is 1. The number of nitrogens with zero attached hydrogens (tertiary/aromatic N) is 1. The van der Waals surface area contributed by atoms with Gasteiger partial charge in [-0.25, -0.2) is 13.1 Å². The molecule has 2 rings (SSSR count). The number of benzene rings is 1. The molecule has 0 radical (unpaired) electrons. The summed E-state index contributed by atoms with van der Waals surface area (Å²) >= 11 is 11.8. The first-order valence-corrected chi connectivity index (χ1v) is 8.16. The fourth-order valence-electron chi connectivity index (χ4n) is 1.68. The highest BCUT2D eigenvalue weighted by Crippen LogP contribution is 2.29. The van der Waals surface area contributed by atoms with Crippen molar-refractivity contribution in [2.75, 3.05) is 0 Å². The lowest BCUT2D eigenvalue weighted by atomic mass is 10.2. The molecule has 0 aliphatic heterocycles. The first kappa shape index (κ1) is 16.2. The summed E-state index contributed by atoms with van der Waals surface area (Å²) in [6.45, 7) is -0.372. The maximum Gasteiger partial charge on any atom is 0.242 e. The third kappa shape index (κ3) is 3.93. The monoisotopic (exact) mass is 346 g/mol. The van der Waals surface area contributed by atoms with E-state index in [2.05, 4.69) is 9.71 Å². The number of pyridine rings is 1. The number of rotatable bonds is 5. The third-order valence-electron chi connectivity index (χ3n) is 2.71. The van der Waals surface area contributed by atoms with E-state index in [1.807, 2.05) is 0 Å². The molecule has 21 heavy (non-hydrogen) atoms. The van der Waals surface area contributed by atoms with Crippen LogP contribution >= 0.6 is 23.2 Å². The maximum absolute atomic E-state index is 12.3. The smallest absolute Gasteiger partial charge is 0.242 e. The minimum Gasteiger partial charge on any atom is -0.392 e. The molecule has 2 aromatic rings. The molecule has 2 N–H and O–H groups in total. The number of halogens is 2. The molecular formula is C13H12Cl2N2O3S. The predicted molar refractivity (Wildman–Crippen MR) is 80.6 cm³/mol. The molecule has 0 spiro atoms. The van der Waals surface area contributed by atoms with E-state index in [1.165, 1.54) is 12.1 Å². The Bertz CT molecular complexity index is 737. The molecule has 0 aliphatic carbocycles. The fraction of sp³-hybridized carbons (Fsp3) is 0.154. The van der Waals surface area contributed by atoms with E-state index in [0.29, 0.717) is 5.69 Å². The molecule has 0 saturated carbocycles. The topological polar surface area (TPSA) is 79.3 Å². The zero-order chi connectivity index (χ0) is 15.5. The second kappa shape index (κ2) is 6.72. The molecule has 1 aromatic carbocycles. The highest BCUT2D eigenvalue weighted by Gasteiger charge is 2.21. The van der Waals surface area contributed by atoms with E-state index >= 15 is 0 Å². The van der Waals surface area contributed by atoms with Crippen molar-refractivity contribution < 1.29 is 13.5 Å². The molecule has 8 heteroatoms. The Labute approximate surface area is 132 Å². The van der Waals surface area contributed by atoms with Gasteiger partial charge in [-0.3, -0.25) is 4.98 Å². The Kier molecular flexibility index (Phi) is 5.18. The van der Waals surface area contributed by atoms with Crippen LogP contribution in [0.2, 0.25) is 10.0 Å². The van der Waals surface area contributed by atoms with Gasteiger partial charge in [0, 0.05) is 11.2 Å². The highest BCUT2D eigenvalue weighted by molar-refractivity contribution is 7.89. The predicted octanol–water partition coefficient (Wildman–Crippen LogP) is 2.36. The molecule has 5 nitrogen and oxygen atoms in total. The molecule has 0 aliphatic rings. The number of sulfonamides is 1. The third-order valence-corrected chi connectivity index (χ3v) is 4.91. The number of aliphatic hydroxyl groups is 1. The summed E-state index contributed by atoms with van der Waals surface area (Å²) in [7, 11) is -3.86. The van der Waals surface area contributed by atoms with Crippen molar-refractivity contribution >= 4 is 33.2 Å². The van der Waals surface area contributed by atoms with Crippen molar-refractivity contribution in [3.05, 3.63) is 57.8 Å². The van der Waals surface area contributed by atoms with Crippen LogP contribution in [-0.2, 0) is 23.2 Å². The Morgan fingerprint density at radius 2 is 2.00 bits per heavy atom. The quantitative estimate of drug-likeness (QED) is 0.870. The SMILES string of the molecule is O=S(=O)(NCc1ccccn1)c1cc(Cl)cc(CO)c1Cl. The van der Waals surface area contributed by atoms with Crippen molar-refractivity contribution in [2.45, 2.75) is 18.0 Å². The van der Waals surface area contributed by atoms with Crippen LogP contribution < -0.4 is 4.72 Å². The van der Waals surface area contributed by atoms with Gasteiger partial charge in [-0.2, -0.15) is 0 Å². The zero-order valence-electron chi connectivity index (χ0n) is 10.8. The lowest BCUT2D eigenvalue weighted by Gasteiger charge is -2.11. The average Bonchev–Trinajstić information content (AvgIpc) is 2.48. The molecule has 0 atom stereocenters. The molecule has 112 valence electrons. The summed E-state index contributed by atoms with van der Waals surface area (Å²) in [5, 5.41) is 9.31. The van der Waals surface area contributed by atoms with Gasteiger partial charge in [-0.15, -0.1) is 0 Å². The van der Waals surface area contributed by atoms with Gasteiger partial charge in [0.1, 0.15) is 4.90 Å². The first-order valence-electron chi connectivity index (χ1n) is 5.92. The Balaban J connectivity index is 2.30. The van der Waals surface area contributed by atoms with Crippen LogP contribution in [0.15, 0.2) is 41.4 Å². The van der Waals surface area contributed by atoms with E-state index in [0.717, 1.165) is 0 Å². The van der Waals surface area contributed by atoms with Crippen LogP contribution in [0.25, 0.3) is 0 Å². The van der Waals surface area contributed by atoms with Crippen molar-refractivity contribution in [1.29, 1.82) is 0 Å². The summed E-state index contributed by atoms with van der Waals surface area (Å²) in [5.41, 5.74) is 0.823. The van der Waals surface area contributed by atoms with Crippen LogP contribution in [0.3, 0.4) is 0 Å². The normalized spacial score (nSPS) is 11.6. The van der Waals surface area contributed by atoms with Crippen LogP contribution in [0.1, 0.15) is 11.3 Å². The van der Waals surface area contributed by atoms with E-state index < -0.39 is 16.6 Å². The molecule has 1 heterocycles. The van der Waals surface area contributed by atoms with Gasteiger partial charge in [0.25, 0.3) is 0 Å². The largest absolute Gasteiger partial charge is 0.392 e. The van der Waals surface area contributed by atoms with Gasteiger partial charge in [-0.05, 0) is 29.8 Å². The first-order chi connectivity index (χ1) is 9.94. The standard InChI is InChI=1S/C13H12Cl2N2O3S/c14-10-5-9(8-18)13(15)12(6-10)21(19,20)17-7-11-3-1-2-4-16-11/h1-6,17-18H,7-8H2. The molecule has 1 aromatic heterocycles. The van der Waals surface area contributed by atoms with E-state index in [-0.39, 0.29) is 27.0 Å². The number of hydrogen-bond acceptors (Lipinski definition) is 4. The minimum absolute atomic E-state index is 0.0282. The van der Waals surface area contributed by atoms with Gasteiger partial charge in [-0.1, -0.05) is 29.3 Å². The summed E-state index contributed by atoms with van der Waals surface area (Å²) in [6, 6.07) is 7.85. The lowest BCUT2D eigenvalue weighted by Crippen LogP contribution is -2.24. The number of hydrogen-bond donors (Lipinski definition) is 2. The van der Waals surface area contributed by atoms with Crippen molar-refractivity contribution in [1.82, 2.24) is 9.71 Å². The van der Waals surface area contributed by atoms with Crippen molar-refractivity contribution in [3.8, 4) is 0 Å². The molecule has 0 saturated heterocycles. The van der Waals surface area contributed by atoms with Crippen molar-refractivity contribution in [3.63, 3.8) is 0 Å². The molecule has 0 fully saturated rings. The van der Waals surface area contributed by atoms with Crippen LogP contribution in [0, 0.1) is 0 Å². The van der Waals surface area contributed by atoms with E-state index in [9.17, 15) is 13.5 Å². The molecular weight excluding hydrogens is 335 g/mol. The average molecular weight is 347 g/mol. The molecule has 0 unspecified atom stereocenters. The van der Waals surface area contributed by atoms with Gasteiger partial charge in [0.05, 0.1) is 23.9 Å². The van der Waals surface area contributed by atoms with Gasteiger partial charge >= 0.3 is 0 Å². The Morgan fingerprint density at radius 3 is 2.62 bits per heavy atom. The van der Waals surface area contributed by atoms with Crippen molar-refractivity contribution in [2.24, 2.45) is 0 Å². The number of nitrogens with one attached hydrogen (secondary N) is 1. The Morgan fingerprint density at radius 1 is 1.24 bits per heavy atom. The minimum atomic E-state index is -3.86. The highest BCUT2D eigenvalue weighted by atomic mass is 35.5. The summed E-state index contributed by atoms with van der Waals surface area (Å²) in [5.74, 6) is 0. The summed E-state index contributed by atoms with van der Waals surface area (Å²) in [6.07, 6.45) is 1.57. The summed E-state index contributed by atoms with van der Waals surface area (Å²) < 4.78 is 27.0. The van der Waals surface area contributed by atoms with Crippen LogP contribution in [0.5, 0.6) is 0 Å². The second-order valence-electron chi connectivity index (χ2n) is 4.18. The van der Waals surface area contributed by atoms with Gasteiger partial charge in [0.15, 0.2) is 0 Å². The zero-order valence-corrected chi connectivity index (χ0v) is 13.1. The second-order valence-corrected chi connectivity index (χ2v) is 6.73. The Hall–Kier alpha value is -1.18. The lowest BCUT2D eigenvalue weighted by molar-refractivity contribution is 0.281. The van der Waals surface area contributed by atoms with Crippen LogP contribution in [0.4, 0.5) is 0 Å². The van der Waals surface area contributed by atoms with Gasteiger partial charge in [0.2, 0.25) is 10.0 Å². The maximum atomic E-state index is 12.3. The fourth-order valence-corrected chi connectivity index (χ4v) is 3.60. The van der Waals surface area contributed by atoms with E-state index in [4.69, 9.17) is 23.2 Å². The van der Waals surface area contributed by atoms with E-state index in [1.54, 1.807) is 24.4 Å².